The molecule has 0 spiro atoms. The Kier molecular flexibility index (Phi) is 10.0. The van der Waals surface area contributed by atoms with Crippen LogP contribution in [0.15, 0.2) is 94.6 Å². The first-order chi connectivity index (χ1) is 18.7. The minimum Gasteiger partial charge on any atom is -0.484 e. The third kappa shape index (κ3) is 8.30. The van der Waals surface area contributed by atoms with E-state index in [0.29, 0.717) is 43.5 Å². The van der Waals surface area contributed by atoms with Gasteiger partial charge in [-0.2, -0.15) is 4.98 Å². The maximum atomic E-state index is 11.6. The summed E-state index contributed by atoms with van der Waals surface area (Å²) >= 11 is 0. The van der Waals surface area contributed by atoms with E-state index in [-0.39, 0.29) is 12.6 Å². The molecule has 1 heterocycles. The number of benzene rings is 3. The average molecular weight is 514 g/mol. The zero-order chi connectivity index (χ0) is 26.4. The number of esters is 1. The molecule has 8 heteroatoms. The molecular formula is C30H31N3O5. The third-order valence-corrected chi connectivity index (χ3v) is 5.65. The maximum Gasteiger partial charge on any atom is 0.305 e. The fourth-order valence-corrected chi connectivity index (χ4v) is 3.70. The number of carbonyl (C=O) groups excluding carboxylic acids is 1. The quantitative estimate of drug-likeness (QED) is 0.0838. The van der Waals surface area contributed by atoms with Gasteiger partial charge in [-0.3, -0.25) is 4.79 Å². The topological polar surface area (TPSA) is 96.0 Å². The van der Waals surface area contributed by atoms with Crippen LogP contribution in [0.2, 0.25) is 0 Å². The third-order valence-electron chi connectivity index (χ3n) is 5.65. The highest BCUT2D eigenvalue weighted by atomic mass is 16.6. The first-order valence-electron chi connectivity index (χ1n) is 12.7. The summed E-state index contributed by atoms with van der Waals surface area (Å²) in [5.41, 5.74) is 3.70. The van der Waals surface area contributed by atoms with Crippen molar-refractivity contribution < 1.29 is 23.6 Å². The number of unbranched alkanes of at least 4 members (excludes halogenated alkanes) is 1. The lowest BCUT2D eigenvalue weighted by Gasteiger charge is -2.08. The van der Waals surface area contributed by atoms with Crippen LogP contribution in [0, 0.1) is 0 Å². The smallest absolute Gasteiger partial charge is 0.305 e. The number of aromatic nitrogens is 2. The Morgan fingerprint density at radius 2 is 1.58 bits per heavy atom. The summed E-state index contributed by atoms with van der Waals surface area (Å²) in [6, 6.07) is 27.1. The second-order valence-corrected chi connectivity index (χ2v) is 8.50. The number of hydrogen-bond acceptors (Lipinski definition) is 8. The molecule has 196 valence electrons. The summed E-state index contributed by atoms with van der Waals surface area (Å²) in [6.45, 7) is 2.72. The lowest BCUT2D eigenvalue weighted by molar-refractivity contribution is -0.143. The molecule has 4 aromatic rings. The molecule has 0 N–H and O–H groups in total. The van der Waals surface area contributed by atoms with E-state index >= 15 is 0 Å². The number of carbonyl (C=O) groups is 1. The Morgan fingerprint density at radius 1 is 0.868 bits per heavy atom. The fraction of sp³-hybridized carbons (Fsp3) is 0.267. The normalized spacial score (nSPS) is 11.2. The van der Waals surface area contributed by atoms with Crippen molar-refractivity contribution in [1.82, 2.24) is 10.1 Å². The Morgan fingerprint density at radius 3 is 2.32 bits per heavy atom. The minimum atomic E-state index is -0.164. The van der Waals surface area contributed by atoms with Crippen LogP contribution in [0.5, 0.6) is 5.75 Å². The van der Waals surface area contributed by atoms with Gasteiger partial charge in [-0.1, -0.05) is 83.1 Å². The van der Waals surface area contributed by atoms with Gasteiger partial charge in [-0.15, -0.1) is 0 Å². The minimum absolute atomic E-state index is 0.164. The number of ether oxygens (including phenoxy) is 2. The predicted octanol–water partition coefficient (Wildman–Crippen LogP) is 6.36. The number of rotatable bonds is 14. The van der Waals surface area contributed by atoms with E-state index in [9.17, 15) is 4.79 Å². The molecule has 0 amide bonds. The van der Waals surface area contributed by atoms with E-state index in [4.69, 9.17) is 18.8 Å². The molecule has 4 rings (SSSR count). The molecule has 0 bridgehead atoms. The zero-order valence-corrected chi connectivity index (χ0v) is 21.4. The molecular weight excluding hydrogens is 482 g/mol. The van der Waals surface area contributed by atoms with Crippen LogP contribution in [0.1, 0.15) is 49.6 Å². The van der Waals surface area contributed by atoms with Gasteiger partial charge in [0.15, 0.2) is 6.61 Å². The van der Waals surface area contributed by atoms with Gasteiger partial charge in [0, 0.05) is 12.0 Å². The molecule has 0 fully saturated rings. The highest BCUT2D eigenvalue weighted by Gasteiger charge is 2.10. The molecule has 0 saturated carbocycles. The lowest BCUT2D eigenvalue weighted by Crippen LogP contribution is -2.05. The molecule has 0 atom stereocenters. The first-order valence-corrected chi connectivity index (χ1v) is 12.7. The summed E-state index contributed by atoms with van der Waals surface area (Å²) in [7, 11) is 0. The van der Waals surface area contributed by atoms with Crippen molar-refractivity contribution in [2.45, 2.75) is 45.8 Å². The molecule has 8 nitrogen and oxygen atoms in total. The Hall–Kier alpha value is -4.46. The molecule has 0 saturated heterocycles. The molecule has 0 unspecified atom stereocenters. The number of nitrogens with zero attached hydrogens (tertiary/aromatic N) is 3. The summed E-state index contributed by atoms with van der Waals surface area (Å²) in [5, 5.41) is 8.42. The fourth-order valence-electron chi connectivity index (χ4n) is 3.70. The van der Waals surface area contributed by atoms with E-state index in [0.717, 1.165) is 35.2 Å². The zero-order valence-electron chi connectivity index (χ0n) is 21.4. The van der Waals surface area contributed by atoms with Gasteiger partial charge in [-0.25, -0.2) is 0 Å². The standard InChI is InChI=1S/C30H31N3O5/c1-2-35-29(34)16-10-9-15-27(24-11-5-3-6-12-24)32-37-21-23-17-19-26(20-18-23)36-22-28-31-30(33-38-28)25-13-7-4-8-14-25/h3-8,11-14,17-20H,2,9-10,15-16,21-22H2,1H3/b32-27-. The monoisotopic (exact) mass is 513 g/mol. The van der Waals surface area contributed by atoms with Crippen molar-refractivity contribution in [3.8, 4) is 17.1 Å². The van der Waals surface area contributed by atoms with Gasteiger partial charge in [0.05, 0.1) is 12.3 Å². The molecule has 0 aliphatic carbocycles. The van der Waals surface area contributed by atoms with Gasteiger partial charge in [0.1, 0.15) is 12.4 Å². The van der Waals surface area contributed by atoms with Crippen molar-refractivity contribution in [3.05, 3.63) is 102 Å². The highest BCUT2D eigenvalue weighted by molar-refractivity contribution is 6.00. The van der Waals surface area contributed by atoms with E-state index in [2.05, 4.69) is 15.3 Å². The molecule has 0 aliphatic rings. The van der Waals surface area contributed by atoms with Crippen molar-refractivity contribution >= 4 is 11.7 Å². The van der Waals surface area contributed by atoms with Crippen LogP contribution in [0.3, 0.4) is 0 Å². The van der Waals surface area contributed by atoms with E-state index < -0.39 is 0 Å². The van der Waals surface area contributed by atoms with E-state index in [1.807, 2.05) is 91.9 Å². The van der Waals surface area contributed by atoms with Crippen LogP contribution >= 0.6 is 0 Å². The summed E-state index contributed by atoms with van der Waals surface area (Å²) in [5.74, 6) is 1.46. The SMILES string of the molecule is CCOC(=O)CCCC/C(=N/OCc1ccc(OCc2nc(-c3ccccc3)no2)cc1)c1ccccc1. The van der Waals surface area contributed by atoms with Gasteiger partial charge in [0.25, 0.3) is 5.89 Å². The molecule has 3 aromatic carbocycles. The number of oxime groups is 1. The first kappa shape index (κ1) is 26.6. The lowest BCUT2D eigenvalue weighted by atomic mass is 10.0. The Balaban J connectivity index is 1.26. The highest BCUT2D eigenvalue weighted by Crippen LogP contribution is 2.18. The Labute approximate surface area is 222 Å². The summed E-state index contributed by atoms with van der Waals surface area (Å²) in [6.07, 6.45) is 2.67. The largest absolute Gasteiger partial charge is 0.484 e. The second kappa shape index (κ2) is 14.3. The summed E-state index contributed by atoms with van der Waals surface area (Å²) < 4.78 is 16.1. The van der Waals surface area contributed by atoms with Crippen LogP contribution in [0.25, 0.3) is 11.4 Å². The number of hydrogen-bond donors (Lipinski definition) is 0. The van der Waals surface area contributed by atoms with E-state index in [1.165, 1.54) is 0 Å². The van der Waals surface area contributed by atoms with Crippen molar-refractivity contribution in [3.63, 3.8) is 0 Å². The van der Waals surface area contributed by atoms with Gasteiger partial charge >= 0.3 is 5.97 Å². The van der Waals surface area contributed by atoms with Crippen molar-refractivity contribution in [2.24, 2.45) is 5.16 Å². The van der Waals surface area contributed by atoms with Crippen LogP contribution in [0.4, 0.5) is 0 Å². The van der Waals surface area contributed by atoms with E-state index in [1.54, 1.807) is 0 Å². The van der Waals surface area contributed by atoms with Crippen LogP contribution in [-0.4, -0.2) is 28.4 Å². The van der Waals surface area contributed by atoms with Gasteiger partial charge in [-0.05, 0) is 49.4 Å². The average Bonchev–Trinajstić information content (AvgIpc) is 3.44. The van der Waals surface area contributed by atoms with Crippen molar-refractivity contribution in [2.75, 3.05) is 6.61 Å². The molecule has 38 heavy (non-hydrogen) atoms. The van der Waals surface area contributed by atoms with Gasteiger partial charge in [0.2, 0.25) is 5.82 Å². The van der Waals surface area contributed by atoms with Gasteiger partial charge < -0.3 is 18.8 Å². The molecule has 1 aromatic heterocycles. The predicted molar refractivity (Wildman–Crippen MR) is 143 cm³/mol. The summed E-state index contributed by atoms with van der Waals surface area (Å²) in [4.78, 5) is 21.6. The maximum absolute atomic E-state index is 11.6. The molecule has 0 aliphatic heterocycles. The van der Waals surface area contributed by atoms with Crippen molar-refractivity contribution in [1.29, 1.82) is 0 Å². The van der Waals surface area contributed by atoms with Crippen LogP contribution in [-0.2, 0) is 27.6 Å². The van der Waals surface area contributed by atoms with Crippen LogP contribution < -0.4 is 4.74 Å². The second-order valence-electron chi connectivity index (χ2n) is 8.50. The molecule has 0 radical (unpaired) electrons. The Bertz CT molecular complexity index is 1290.